The zero-order valence-corrected chi connectivity index (χ0v) is 8.69. The van der Waals surface area contributed by atoms with E-state index in [0.29, 0.717) is 15.9 Å². The summed E-state index contributed by atoms with van der Waals surface area (Å²) < 4.78 is 0. The highest BCUT2D eigenvalue weighted by Gasteiger charge is 2.13. The average molecular weight is 242 g/mol. The molecule has 2 rings (SSSR count). The maximum Gasteiger partial charge on any atom is 0.358 e. The second-order valence-electron chi connectivity index (χ2n) is 2.93. The minimum atomic E-state index is -1.21. The van der Waals surface area contributed by atoms with Crippen LogP contribution < -0.4 is 5.73 Å². The van der Waals surface area contributed by atoms with Gasteiger partial charge < -0.3 is 16.3 Å². The van der Waals surface area contributed by atoms with Gasteiger partial charge in [0.15, 0.2) is 5.69 Å². The molecule has 0 aliphatic heterocycles. The molecular formula is C9H8ClN3O3. The highest BCUT2D eigenvalue weighted by Crippen LogP contribution is 2.24. The summed E-state index contributed by atoms with van der Waals surface area (Å²) in [7, 11) is 0. The van der Waals surface area contributed by atoms with Crippen molar-refractivity contribution in [1.82, 2.24) is 10.2 Å². The number of carboxylic acids is 1. The topological polar surface area (TPSA) is 121 Å². The van der Waals surface area contributed by atoms with Crippen molar-refractivity contribution in [3.8, 4) is 0 Å². The molecule has 1 heterocycles. The lowest BCUT2D eigenvalue weighted by Gasteiger charge is -2.03. The summed E-state index contributed by atoms with van der Waals surface area (Å²) in [6, 6.07) is 4.83. The minimum absolute atomic E-state index is 0. The molecule has 0 aliphatic carbocycles. The Hall–Kier alpha value is -1.92. The second-order valence-corrected chi connectivity index (χ2v) is 3.37. The predicted octanol–water partition coefficient (Wildman–Crippen LogP) is 0.739. The van der Waals surface area contributed by atoms with Crippen molar-refractivity contribution in [3.05, 3.63) is 28.9 Å². The Morgan fingerprint density at radius 1 is 1.38 bits per heavy atom. The summed E-state index contributed by atoms with van der Waals surface area (Å²) in [5, 5.41) is 17.0. The third-order valence-corrected chi connectivity index (χ3v) is 2.20. The molecule has 0 spiro atoms. The van der Waals surface area contributed by atoms with Crippen LogP contribution in [0, 0.1) is 0 Å². The number of aromatic carboxylic acids is 1. The van der Waals surface area contributed by atoms with E-state index < -0.39 is 5.97 Å². The Morgan fingerprint density at radius 2 is 2.06 bits per heavy atom. The Morgan fingerprint density at radius 3 is 2.69 bits per heavy atom. The van der Waals surface area contributed by atoms with Crippen molar-refractivity contribution < 1.29 is 15.4 Å². The van der Waals surface area contributed by atoms with E-state index in [1.165, 1.54) is 0 Å². The third kappa shape index (κ3) is 1.88. The number of nitrogens with zero attached hydrogens (tertiary/aromatic N) is 2. The zero-order chi connectivity index (χ0) is 11.0. The van der Waals surface area contributed by atoms with Gasteiger partial charge in [0.05, 0.1) is 11.2 Å². The third-order valence-electron chi connectivity index (χ3n) is 1.96. The van der Waals surface area contributed by atoms with Gasteiger partial charge in [-0.25, -0.2) is 4.79 Å². The van der Waals surface area contributed by atoms with Crippen LogP contribution in [-0.4, -0.2) is 26.7 Å². The van der Waals surface area contributed by atoms with Crippen LogP contribution in [-0.2, 0) is 0 Å². The summed E-state index contributed by atoms with van der Waals surface area (Å²) in [5.74, 6) is -1.21. The van der Waals surface area contributed by atoms with Crippen LogP contribution in [0.5, 0.6) is 0 Å². The van der Waals surface area contributed by atoms with Crippen molar-refractivity contribution in [2.24, 2.45) is 0 Å². The van der Waals surface area contributed by atoms with Crippen LogP contribution in [0.25, 0.3) is 10.9 Å². The van der Waals surface area contributed by atoms with Crippen molar-refractivity contribution >= 4 is 34.2 Å². The number of anilines is 1. The Kier molecular flexibility index (Phi) is 3.26. The highest BCUT2D eigenvalue weighted by molar-refractivity contribution is 6.31. The largest absolute Gasteiger partial charge is 0.476 e. The van der Waals surface area contributed by atoms with E-state index in [2.05, 4.69) is 10.2 Å². The van der Waals surface area contributed by atoms with E-state index in [9.17, 15) is 4.79 Å². The van der Waals surface area contributed by atoms with E-state index >= 15 is 0 Å². The van der Waals surface area contributed by atoms with Gasteiger partial charge in [-0.2, -0.15) is 0 Å². The molecule has 0 fully saturated rings. The number of carboxylic acid groups (broad SMARTS) is 1. The zero-order valence-electron chi connectivity index (χ0n) is 7.94. The number of aromatic nitrogens is 2. The van der Waals surface area contributed by atoms with Gasteiger partial charge in [0.25, 0.3) is 0 Å². The lowest BCUT2D eigenvalue weighted by molar-refractivity contribution is 0.0691. The molecule has 2 aromatic rings. The number of carbonyl (C=O) groups is 1. The SMILES string of the molecule is Nc1c(C(=O)O)nnc2ccc(Cl)cc12.O. The molecule has 0 amide bonds. The predicted molar refractivity (Wildman–Crippen MR) is 59.5 cm³/mol. The van der Waals surface area contributed by atoms with Gasteiger partial charge >= 0.3 is 5.97 Å². The number of nitrogens with two attached hydrogens (primary N) is 1. The fourth-order valence-corrected chi connectivity index (χ4v) is 1.43. The van der Waals surface area contributed by atoms with E-state index in [0.717, 1.165) is 0 Å². The standard InChI is InChI=1S/C9H6ClN3O2.H2O/c10-4-1-2-6-5(3-4)7(11)8(9(14)15)13-12-6;/h1-3H,(H2,11,12)(H,14,15);1H2. The normalized spacial score (nSPS) is 9.81. The molecular weight excluding hydrogens is 234 g/mol. The molecule has 0 unspecified atom stereocenters. The molecule has 7 heteroatoms. The van der Waals surface area contributed by atoms with E-state index in [-0.39, 0.29) is 16.9 Å². The van der Waals surface area contributed by atoms with Gasteiger partial charge in [0.2, 0.25) is 0 Å². The first-order valence-electron chi connectivity index (χ1n) is 4.04. The van der Waals surface area contributed by atoms with Crippen molar-refractivity contribution in [1.29, 1.82) is 0 Å². The van der Waals surface area contributed by atoms with Crippen LogP contribution in [0.1, 0.15) is 10.5 Å². The number of benzene rings is 1. The van der Waals surface area contributed by atoms with E-state index in [1.807, 2.05) is 0 Å². The first-order valence-corrected chi connectivity index (χ1v) is 4.42. The Labute approximate surface area is 95.0 Å². The highest BCUT2D eigenvalue weighted by atomic mass is 35.5. The van der Waals surface area contributed by atoms with Gasteiger partial charge in [-0.3, -0.25) is 0 Å². The summed E-state index contributed by atoms with van der Waals surface area (Å²) in [4.78, 5) is 10.7. The molecule has 0 atom stereocenters. The maximum absolute atomic E-state index is 10.7. The number of hydrogen-bond donors (Lipinski definition) is 2. The number of fused-ring (bicyclic) bond motifs is 1. The molecule has 0 bridgehead atoms. The lowest BCUT2D eigenvalue weighted by atomic mass is 10.2. The smallest absolute Gasteiger partial charge is 0.358 e. The van der Waals surface area contributed by atoms with Gasteiger partial charge in [0.1, 0.15) is 0 Å². The average Bonchev–Trinajstić information content (AvgIpc) is 2.19. The van der Waals surface area contributed by atoms with Crippen molar-refractivity contribution in [2.75, 3.05) is 5.73 Å². The summed E-state index contributed by atoms with van der Waals surface area (Å²) in [5.41, 5.74) is 5.98. The first-order chi connectivity index (χ1) is 7.09. The van der Waals surface area contributed by atoms with Crippen LogP contribution in [0.15, 0.2) is 18.2 Å². The second kappa shape index (κ2) is 4.30. The van der Waals surface area contributed by atoms with Crippen LogP contribution >= 0.6 is 11.6 Å². The minimum Gasteiger partial charge on any atom is -0.476 e. The van der Waals surface area contributed by atoms with Gasteiger partial charge in [-0.05, 0) is 18.2 Å². The quantitative estimate of drug-likeness (QED) is 0.763. The molecule has 1 aromatic heterocycles. The summed E-state index contributed by atoms with van der Waals surface area (Å²) >= 11 is 5.77. The molecule has 0 radical (unpaired) electrons. The Bertz CT molecular complexity index is 559. The number of halogens is 1. The van der Waals surface area contributed by atoms with Gasteiger partial charge in [0, 0.05) is 10.4 Å². The number of hydrogen-bond acceptors (Lipinski definition) is 4. The molecule has 6 nitrogen and oxygen atoms in total. The van der Waals surface area contributed by atoms with Crippen LogP contribution in [0.2, 0.25) is 5.02 Å². The molecule has 0 aliphatic rings. The molecule has 0 saturated heterocycles. The molecule has 0 saturated carbocycles. The fraction of sp³-hybridized carbons (Fsp3) is 0. The summed E-state index contributed by atoms with van der Waals surface area (Å²) in [6.45, 7) is 0. The van der Waals surface area contributed by atoms with Gasteiger partial charge in [-0.1, -0.05) is 11.6 Å². The van der Waals surface area contributed by atoms with Crippen LogP contribution in [0.3, 0.4) is 0 Å². The number of nitrogen functional groups attached to an aromatic ring is 1. The number of rotatable bonds is 1. The fourth-order valence-electron chi connectivity index (χ4n) is 1.25. The van der Waals surface area contributed by atoms with Gasteiger partial charge in [-0.15, -0.1) is 10.2 Å². The molecule has 16 heavy (non-hydrogen) atoms. The van der Waals surface area contributed by atoms with E-state index in [4.69, 9.17) is 22.4 Å². The van der Waals surface area contributed by atoms with Crippen molar-refractivity contribution in [2.45, 2.75) is 0 Å². The Balaban J connectivity index is 0.00000128. The maximum atomic E-state index is 10.7. The first kappa shape index (κ1) is 12.2. The molecule has 1 aromatic carbocycles. The van der Waals surface area contributed by atoms with Crippen LogP contribution in [0.4, 0.5) is 5.69 Å². The monoisotopic (exact) mass is 241 g/mol. The molecule has 5 N–H and O–H groups in total. The summed E-state index contributed by atoms with van der Waals surface area (Å²) in [6.07, 6.45) is 0. The van der Waals surface area contributed by atoms with E-state index in [1.54, 1.807) is 18.2 Å². The van der Waals surface area contributed by atoms with Crippen molar-refractivity contribution in [3.63, 3.8) is 0 Å². The molecule has 84 valence electrons. The lowest BCUT2D eigenvalue weighted by Crippen LogP contribution is -2.07.